The number of hydrogen-bond acceptors (Lipinski definition) is 9. The van der Waals surface area contributed by atoms with Crippen LogP contribution in [0, 0.1) is 6.92 Å². The van der Waals surface area contributed by atoms with Crippen LogP contribution in [0.4, 0.5) is 5.69 Å². The summed E-state index contributed by atoms with van der Waals surface area (Å²) in [5, 5.41) is 14.3. The number of nitrogens with zero attached hydrogens (tertiary/aromatic N) is 5. The van der Waals surface area contributed by atoms with Crippen molar-refractivity contribution in [3.63, 3.8) is 0 Å². The molecular formula is C20H24N6O5S2. The molecule has 1 unspecified atom stereocenters. The van der Waals surface area contributed by atoms with Crippen LogP contribution in [-0.2, 0) is 26.1 Å². The molecule has 1 N–H and O–H groups in total. The van der Waals surface area contributed by atoms with E-state index in [0.29, 0.717) is 55.0 Å². The van der Waals surface area contributed by atoms with Crippen molar-refractivity contribution >= 4 is 33.4 Å². The number of anilines is 1. The van der Waals surface area contributed by atoms with Crippen molar-refractivity contribution in [3.05, 3.63) is 47.9 Å². The molecule has 0 bridgehead atoms. The fourth-order valence-electron chi connectivity index (χ4n) is 3.27. The number of amides is 1. The first-order chi connectivity index (χ1) is 15.8. The van der Waals surface area contributed by atoms with Crippen LogP contribution in [0.2, 0.25) is 0 Å². The highest BCUT2D eigenvalue weighted by Gasteiger charge is 2.28. The summed E-state index contributed by atoms with van der Waals surface area (Å²) in [6.45, 7) is 5.14. The molecule has 1 saturated heterocycles. The van der Waals surface area contributed by atoms with Gasteiger partial charge in [0.25, 0.3) is 0 Å². The van der Waals surface area contributed by atoms with E-state index in [9.17, 15) is 13.2 Å². The number of thioether (sulfide) groups is 1. The van der Waals surface area contributed by atoms with Crippen LogP contribution >= 0.6 is 11.8 Å². The minimum absolute atomic E-state index is 0.171. The lowest BCUT2D eigenvalue weighted by Gasteiger charge is -2.27. The number of aromatic nitrogens is 4. The molecule has 1 aromatic carbocycles. The van der Waals surface area contributed by atoms with Crippen LogP contribution in [0.5, 0.6) is 0 Å². The Morgan fingerprint density at radius 3 is 2.79 bits per heavy atom. The highest BCUT2D eigenvalue weighted by Crippen LogP contribution is 2.26. The van der Waals surface area contributed by atoms with Gasteiger partial charge in [0.1, 0.15) is 12.3 Å². The molecule has 13 heteroatoms. The van der Waals surface area contributed by atoms with E-state index in [1.807, 2.05) is 6.07 Å². The Morgan fingerprint density at radius 1 is 1.27 bits per heavy atom. The van der Waals surface area contributed by atoms with Crippen molar-refractivity contribution in [2.45, 2.75) is 35.7 Å². The number of sulfonamides is 1. The van der Waals surface area contributed by atoms with Crippen molar-refractivity contribution in [2.24, 2.45) is 0 Å². The minimum Gasteiger partial charge on any atom is -0.467 e. The number of furan rings is 1. The van der Waals surface area contributed by atoms with Crippen molar-refractivity contribution in [2.75, 3.05) is 31.6 Å². The Balaban J connectivity index is 1.44. The molecule has 176 valence electrons. The van der Waals surface area contributed by atoms with E-state index in [-0.39, 0.29) is 10.8 Å². The molecular weight excluding hydrogens is 468 g/mol. The average Bonchev–Trinajstić information content (AvgIpc) is 3.48. The molecule has 0 radical (unpaired) electrons. The Bertz CT molecular complexity index is 1210. The molecule has 11 nitrogen and oxygen atoms in total. The van der Waals surface area contributed by atoms with Crippen molar-refractivity contribution < 1.29 is 22.4 Å². The number of hydrogen-bond donors (Lipinski definition) is 1. The van der Waals surface area contributed by atoms with Crippen LogP contribution in [-0.4, -0.2) is 70.4 Å². The van der Waals surface area contributed by atoms with Gasteiger partial charge in [0.15, 0.2) is 0 Å². The molecule has 3 aromatic rings. The Morgan fingerprint density at radius 2 is 2.06 bits per heavy atom. The molecule has 0 saturated carbocycles. The zero-order valence-electron chi connectivity index (χ0n) is 18.2. The molecule has 1 aliphatic heterocycles. The number of rotatable bonds is 8. The summed E-state index contributed by atoms with van der Waals surface area (Å²) in [6, 6.07) is 8.45. The van der Waals surface area contributed by atoms with Gasteiger partial charge in [-0.1, -0.05) is 17.8 Å². The molecule has 4 rings (SSSR count). The third kappa shape index (κ3) is 5.43. The van der Waals surface area contributed by atoms with Gasteiger partial charge in [-0.25, -0.2) is 13.1 Å². The number of nitrogens with one attached hydrogen (secondary N) is 1. The summed E-state index contributed by atoms with van der Waals surface area (Å²) in [5.41, 5.74) is 1.01. The van der Waals surface area contributed by atoms with Crippen molar-refractivity contribution in [1.82, 2.24) is 24.5 Å². The number of carbonyl (C=O) groups is 1. The number of carbonyl (C=O) groups excluding carboxylic acids is 1. The predicted molar refractivity (Wildman–Crippen MR) is 120 cm³/mol. The van der Waals surface area contributed by atoms with E-state index in [4.69, 9.17) is 9.15 Å². The van der Waals surface area contributed by atoms with Gasteiger partial charge >= 0.3 is 0 Å². The average molecular weight is 493 g/mol. The van der Waals surface area contributed by atoms with Crippen LogP contribution in [0.15, 0.2) is 51.1 Å². The van der Waals surface area contributed by atoms with Crippen molar-refractivity contribution in [1.29, 1.82) is 0 Å². The van der Waals surface area contributed by atoms with Gasteiger partial charge in [0.05, 0.1) is 29.6 Å². The maximum Gasteiger partial charge on any atom is 0.243 e. The Kier molecular flexibility index (Phi) is 7.12. The molecule has 1 atom stereocenters. The maximum absolute atomic E-state index is 13.1. The normalized spacial score (nSPS) is 15.9. The summed E-state index contributed by atoms with van der Waals surface area (Å²) in [5.74, 6) is 0.390. The molecule has 33 heavy (non-hydrogen) atoms. The fourth-order valence-corrected chi connectivity index (χ4v) is 5.71. The molecule has 2 aromatic heterocycles. The number of aryl methyl sites for hydroxylation is 1. The first kappa shape index (κ1) is 23.4. The summed E-state index contributed by atoms with van der Waals surface area (Å²) < 4.78 is 39.7. The van der Waals surface area contributed by atoms with Gasteiger partial charge in [-0.3, -0.25) is 4.79 Å². The second-order valence-electron chi connectivity index (χ2n) is 7.44. The van der Waals surface area contributed by atoms with Gasteiger partial charge in [0, 0.05) is 18.8 Å². The summed E-state index contributed by atoms with van der Waals surface area (Å²) >= 11 is 1.19. The Hall–Kier alpha value is -2.74. The standard InChI is InChI=1S/C20H24N6O5S2/c1-14-5-6-16(12-18(14)33(28,29)25-7-10-30-11-8-25)21-19(27)15(2)32-20-22-23-24-26(20)13-17-4-3-9-31-17/h3-6,9,12,15H,7-8,10-11,13H2,1-2H3,(H,21,27). The van der Waals surface area contributed by atoms with Crippen LogP contribution < -0.4 is 5.32 Å². The van der Waals surface area contributed by atoms with Gasteiger partial charge in [0.2, 0.25) is 21.1 Å². The second-order valence-corrected chi connectivity index (χ2v) is 10.7. The zero-order valence-corrected chi connectivity index (χ0v) is 19.8. The van der Waals surface area contributed by atoms with Gasteiger partial charge < -0.3 is 14.5 Å². The summed E-state index contributed by atoms with van der Waals surface area (Å²) in [4.78, 5) is 13.0. The molecule has 0 aliphatic carbocycles. The number of benzene rings is 1. The van der Waals surface area contributed by atoms with Gasteiger partial charge in [-0.2, -0.15) is 4.31 Å². The smallest absolute Gasteiger partial charge is 0.243 e. The largest absolute Gasteiger partial charge is 0.467 e. The van der Waals surface area contributed by atoms with Gasteiger partial charge in [-0.05, 0) is 54.1 Å². The third-order valence-corrected chi connectivity index (χ3v) is 8.19. The second kappa shape index (κ2) is 10.0. The highest BCUT2D eigenvalue weighted by molar-refractivity contribution is 8.00. The maximum atomic E-state index is 13.1. The van der Waals surface area contributed by atoms with Crippen LogP contribution in [0.1, 0.15) is 18.2 Å². The van der Waals surface area contributed by atoms with Gasteiger partial charge in [-0.15, -0.1) is 5.10 Å². The third-order valence-electron chi connectivity index (χ3n) is 5.08. The number of ether oxygens (including phenoxy) is 1. The number of morpholine rings is 1. The lowest BCUT2D eigenvalue weighted by Crippen LogP contribution is -2.40. The fraction of sp³-hybridized carbons (Fsp3) is 0.400. The topological polar surface area (TPSA) is 132 Å². The predicted octanol–water partition coefficient (Wildman–Crippen LogP) is 1.76. The van der Waals surface area contributed by atoms with Crippen LogP contribution in [0.3, 0.4) is 0 Å². The minimum atomic E-state index is -3.68. The quantitative estimate of drug-likeness (QED) is 0.467. The van der Waals surface area contributed by atoms with Crippen LogP contribution in [0.25, 0.3) is 0 Å². The lowest BCUT2D eigenvalue weighted by atomic mass is 10.2. The summed E-state index contributed by atoms with van der Waals surface area (Å²) in [6.07, 6.45) is 1.57. The van der Waals surface area contributed by atoms with E-state index < -0.39 is 15.3 Å². The highest BCUT2D eigenvalue weighted by atomic mass is 32.2. The lowest BCUT2D eigenvalue weighted by molar-refractivity contribution is -0.115. The van der Waals surface area contributed by atoms with E-state index in [2.05, 4.69) is 20.8 Å². The van der Waals surface area contributed by atoms with E-state index >= 15 is 0 Å². The molecule has 0 spiro atoms. The number of tetrazole rings is 1. The molecule has 3 heterocycles. The first-order valence-electron chi connectivity index (χ1n) is 10.3. The molecule has 1 fully saturated rings. The monoisotopic (exact) mass is 492 g/mol. The van der Waals surface area contributed by atoms with E-state index in [1.165, 1.54) is 22.1 Å². The van der Waals surface area contributed by atoms with E-state index in [1.54, 1.807) is 43.0 Å². The Labute approximate surface area is 195 Å². The molecule has 1 amide bonds. The molecule has 1 aliphatic rings. The zero-order chi connectivity index (χ0) is 23.4. The summed E-state index contributed by atoms with van der Waals surface area (Å²) in [7, 11) is -3.68. The first-order valence-corrected chi connectivity index (χ1v) is 12.6. The SMILES string of the molecule is Cc1ccc(NC(=O)C(C)Sc2nnnn2Cc2ccco2)cc1S(=O)(=O)N1CCOCC1. The van der Waals surface area contributed by atoms with Crippen molar-refractivity contribution in [3.8, 4) is 0 Å². The van der Waals surface area contributed by atoms with E-state index in [0.717, 1.165) is 0 Å².